The summed E-state index contributed by atoms with van der Waals surface area (Å²) in [5.41, 5.74) is 0. The molecule has 0 rings (SSSR count). The molecule has 0 saturated heterocycles. The zero-order valence-electron chi connectivity index (χ0n) is 7.58. The van der Waals surface area contributed by atoms with E-state index in [2.05, 4.69) is 4.72 Å². The molecule has 0 spiro atoms. The first kappa shape index (κ1) is 11.9. The monoisotopic (exact) mass is 195 g/mol. The molecule has 0 heterocycles. The van der Waals surface area contributed by atoms with E-state index in [0.29, 0.717) is 6.42 Å². The first-order valence-corrected chi connectivity index (χ1v) is 5.78. The normalized spacial score (nSPS) is 14.6. The Hall–Kier alpha value is -0.130. The van der Waals surface area contributed by atoms with E-state index in [-0.39, 0.29) is 18.4 Å². The lowest BCUT2D eigenvalue weighted by Crippen LogP contribution is -2.36. The van der Waals surface area contributed by atoms with Gasteiger partial charge in [0.1, 0.15) is 0 Å². The first-order valence-electron chi connectivity index (χ1n) is 4.12. The summed E-state index contributed by atoms with van der Waals surface area (Å²) in [6.07, 6.45) is 1.52. The molecule has 0 aliphatic carbocycles. The van der Waals surface area contributed by atoms with Gasteiger partial charge in [0.15, 0.2) is 0 Å². The van der Waals surface area contributed by atoms with Gasteiger partial charge in [-0.25, -0.2) is 13.1 Å². The van der Waals surface area contributed by atoms with E-state index in [0.717, 1.165) is 6.42 Å². The lowest BCUT2D eigenvalue weighted by atomic mass is 10.4. The molecule has 0 fully saturated rings. The molecule has 0 aromatic carbocycles. The van der Waals surface area contributed by atoms with Crippen molar-refractivity contribution in [3.05, 3.63) is 0 Å². The number of nitrogens with one attached hydrogen (secondary N) is 1. The van der Waals surface area contributed by atoms with Crippen LogP contribution >= 0.6 is 0 Å². The van der Waals surface area contributed by atoms with Crippen LogP contribution in [-0.2, 0) is 10.0 Å². The van der Waals surface area contributed by atoms with Gasteiger partial charge >= 0.3 is 0 Å². The Labute approximate surface area is 74.0 Å². The lowest BCUT2D eigenvalue weighted by Gasteiger charge is -2.10. The molecule has 0 aromatic heterocycles. The van der Waals surface area contributed by atoms with Crippen LogP contribution in [0, 0.1) is 0 Å². The molecule has 0 aromatic rings. The van der Waals surface area contributed by atoms with Crippen LogP contribution < -0.4 is 4.72 Å². The molecule has 0 bridgehead atoms. The summed E-state index contributed by atoms with van der Waals surface area (Å²) in [6.45, 7) is 3.40. The van der Waals surface area contributed by atoms with Gasteiger partial charge in [0.2, 0.25) is 10.0 Å². The van der Waals surface area contributed by atoms with Gasteiger partial charge in [-0.05, 0) is 13.3 Å². The van der Waals surface area contributed by atoms with Crippen molar-refractivity contribution in [3.8, 4) is 0 Å². The Morgan fingerprint density at radius 3 is 2.50 bits per heavy atom. The van der Waals surface area contributed by atoms with E-state index in [1.807, 2.05) is 6.92 Å². The van der Waals surface area contributed by atoms with E-state index >= 15 is 0 Å². The van der Waals surface area contributed by atoms with Crippen LogP contribution in [0.3, 0.4) is 0 Å². The topological polar surface area (TPSA) is 66.4 Å². The average Bonchev–Trinajstić information content (AvgIpc) is 2.00. The van der Waals surface area contributed by atoms with Gasteiger partial charge in [-0.15, -0.1) is 0 Å². The van der Waals surface area contributed by atoms with Crippen molar-refractivity contribution in [1.29, 1.82) is 0 Å². The van der Waals surface area contributed by atoms with E-state index in [1.165, 1.54) is 0 Å². The summed E-state index contributed by atoms with van der Waals surface area (Å²) >= 11 is 0. The van der Waals surface area contributed by atoms with E-state index in [1.54, 1.807) is 6.92 Å². The molecule has 0 aliphatic heterocycles. The van der Waals surface area contributed by atoms with Crippen molar-refractivity contribution in [2.45, 2.75) is 32.7 Å². The third-order valence-corrected chi connectivity index (χ3v) is 3.01. The Balaban J connectivity index is 3.88. The predicted molar refractivity (Wildman–Crippen MR) is 48.4 cm³/mol. The maximum absolute atomic E-state index is 11.1. The molecule has 0 saturated carbocycles. The predicted octanol–water partition coefficient (Wildman–Crippen LogP) is 0.0867. The maximum atomic E-state index is 11.1. The van der Waals surface area contributed by atoms with E-state index in [9.17, 15) is 8.42 Å². The minimum Gasteiger partial charge on any atom is -0.395 e. The van der Waals surface area contributed by atoms with Crippen molar-refractivity contribution in [3.63, 3.8) is 0 Å². The largest absolute Gasteiger partial charge is 0.395 e. The fourth-order valence-electron chi connectivity index (χ4n) is 0.737. The number of sulfonamides is 1. The van der Waals surface area contributed by atoms with Gasteiger partial charge in [-0.2, -0.15) is 0 Å². The molecule has 0 aliphatic rings. The smallest absolute Gasteiger partial charge is 0.211 e. The van der Waals surface area contributed by atoms with Crippen LogP contribution in [0.1, 0.15) is 26.7 Å². The van der Waals surface area contributed by atoms with Crippen LogP contribution in [0.4, 0.5) is 0 Å². The van der Waals surface area contributed by atoms with Gasteiger partial charge < -0.3 is 5.11 Å². The quantitative estimate of drug-likeness (QED) is 0.631. The van der Waals surface area contributed by atoms with Crippen LogP contribution in [0.15, 0.2) is 0 Å². The first-order chi connectivity index (χ1) is 5.52. The van der Waals surface area contributed by atoms with Crippen LogP contribution in [-0.4, -0.2) is 31.9 Å². The fourth-order valence-corrected chi connectivity index (χ4v) is 2.21. The zero-order valence-corrected chi connectivity index (χ0v) is 8.39. The van der Waals surface area contributed by atoms with Crippen molar-refractivity contribution in [1.82, 2.24) is 4.72 Å². The summed E-state index contributed by atoms with van der Waals surface area (Å²) in [5.74, 6) is 0.147. The van der Waals surface area contributed by atoms with Gasteiger partial charge in [0.05, 0.1) is 12.4 Å². The molecule has 4 nitrogen and oxygen atoms in total. The average molecular weight is 195 g/mol. The standard InChI is InChI=1S/C7H17NO3S/c1-3-4-5-12(10,11)8-7(2)6-9/h7-9H,3-6H2,1-2H3/t7-/m0/s1. The Kier molecular flexibility index (Phi) is 5.44. The Morgan fingerprint density at radius 2 is 2.08 bits per heavy atom. The minimum atomic E-state index is -3.17. The highest BCUT2D eigenvalue weighted by Gasteiger charge is 2.12. The summed E-state index contributed by atoms with van der Waals surface area (Å²) in [4.78, 5) is 0. The van der Waals surface area contributed by atoms with Gasteiger partial charge in [-0.1, -0.05) is 13.3 Å². The SMILES string of the molecule is CCCCS(=O)(=O)N[C@@H](C)CO. The summed E-state index contributed by atoms with van der Waals surface area (Å²) in [7, 11) is -3.17. The second kappa shape index (κ2) is 5.50. The van der Waals surface area contributed by atoms with E-state index < -0.39 is 10.0 Å². The number of unbranched alkanes of at least 4 members (excludes halogenated alkanes) is 1. The van der Waals surface area contributed by atoms with Gasteiger partial charge in [0.25, 0.3) is 0 Å². The van der Waals surface area contributed by atoms with Gasteiger partial charge in [-0.3, -0.25) is 0 Å². The molecule has 5 heteroatoms. The minimum absolute atomic E-state index is 0.147. The number of hydrogen-bond acceptors (Lipinski definition) is 3. The number of aliphatic hydroxyl groups excluding tert-OH is 1. The highest BCUT2D eigenvalue weighted by Crippen LogP contribution is 1.94. The summed E-state index contributed by atoms with van der Waals surface area (Å²) in [5, 5.41) is 8.60. The maximum Gasteiger partial charge on any atom is 0.211 e. The van der Waals surface area contributed by atoms with Crippen LogP contribution in [0.2, 0.25) is 0 Å². The summed E-state index contributed by atoms with van der Waals surface area (Å²) < 4.78 is 24.6. The molecular weight excluding hydrogens is 178 g/mol. The fraction of sp³-hybridized carbons (Fsp3) is 1.00. The van der Waals surface area contributed by atoms with E-state index in [4.69, 9.17) is 5.11 Å². The second-order valence-corrected chi connectivity index (χ2v) is 4.75. The third-order valence-electron chi connectivity index (χ3n) is 1.42. The molecule has 0 radical (unpaired) electrons. The summed E-state index contributed by atoms with van der Waals surface area (Å²) in [6, 6.07) is -0.383. The molecule has 0 amide bonds. The number of hydrogen-bond donors (Lipinski definition) is 2. The van der Waals surface area contributed by atoms with Crippen molar-refractivity contribution >= 4 is 10.0 Å². The molecule has 0 unspecified atom stereocenters. The number of aliphatic hydroxyl groups is 1. The molecule has 2 N–H and O–H groups in total. The Bertz CT molecular complexity index is 201. The lowest BCUT2D eigenvalue weighted by molar-refractivity contribution is 0.265. The van der Waals surface area contributed by atoms with Crippen molar-refractivity contribution in [2.75, 3.05) is 12.4 Å². The molecule has 12 heavy (non-hydrogen) atoms. The molecular formula is C7H17NO3S. The number of rotatable bonds is 6. The van der Waals surface area contributed by atoms with Crippen LogP contribution in [0.5, 0.6) is 0 Å². The van der Waals surface area contributed by atoms with Crippen molar-refractivity contribution in [2.24, 2.45) is 0 Å². The van der Waals surface area contributed by atoms with Gasteiger partial charge in [0, 0.05) is 6.04 Å². The highest BCUT2D eigenvalue weighted by molar-refractivity contribution is 7.89. The Morgan fingerprint density at radius 1 is 1.50 bits per heavy atom. The molecule has 74 valence electrons. The third kappa shape index (κ3) is 5.51. The van der Waals surface area contributed by atoms with Crippen molar-refractivity contribution < 1.29 is 13.5 Å². The highest BCUT2D eigenvalue weighted by atomic mass is 32.2. The molecule has 1 atom stereocenters. The zero-order chi connectivity index (χ0) is 9.61. The second-order valence-electron chi connectivity index (χ2n) is 2.87. The van der Waals surface area contributed by atoms with Crippen LogP contribution in [0.25, 0.3) is 0 Å².